The molecule has 0 radical (unpaired) electrons. The molecular formula is C80H152O17P2. The Morgan fingerprint density at radius 3 is 0.899 bits per heavy atom. The summed E-state index contributed by atoms with van der Waals surface area (Å²) < 4.78 is 68.6. The molecule has 0 aliphatic carbocycles. The number of esters is 4. The van der Waals surface area contributed by atoms with Crippen LogP contribution in [0.4, 0.5) is 0 Å². The van der Waals surface area contributed by atoms with Gasteiger partial charge < -0.3 is 33.8 Å². The predicted molar refractivity (Wildman–Crippen MR) is 404 cm³/mol. The van der Waals surface area contributed by atoms with Crippen molar-refractivity contribution in [1.29, 1.82) is 0 Å². The van der Waals surface area contributed by atoms with Crippen LogP contribution in [-0.4, -0.2) is 96.7 Å². The van der Waals surface area contributed by atoms with E-state index in [0.29, 0.717) is 25.7 Å². The standard InChI is InChI=1S/C80H152O17P2/c1-8-10-11-12-13-14-15-16-18-25-30-35-40-49-56-63-79(84)96-75(67-90-77(82)61-54-47-39-34-29-24-20-17-19-22-27-32-37-44-51-58-71(3)4)69-94-98(86,87)92-65-74(81)66-93-99(88,89)95-70-76(68-91-78(83)62-55-48-43-42-46-53-60-73(7)9-2)97-80(85)64-57-50-41-36-31-26-21-23-28-33-38-45-52-59-72(5)6/h14-16,18,71-76,81H,8-13,17,19-70H2,1-7H3,(H,86,87)(H,88,89)/b15-14-,18-16-/t73?,74-,75-,76-/m1/s1. The lowest BCUT2D eigenvalue weighted by Crippen LogP contribution is -2.30. The number of aliphatic hydroxyl groups is 1. The fraction of sp³-hybridized carbons (Fsp3) is 0.900. The minimum atomic E-state index is -4.97. The Hall–Kier alpha value is -2.46. The van der Waals surface area contributed by atoms with Crippen molar-refractivity contribution in [1.82, 2.24) is 0 Å². The van der Waals surface area contributed by atoms with Crippen molar-refractivity contribution < 1.29 is 80.2 Å². The number of hydrogen-bond donors (Lipinski definition) is 3. The Bertz CT molecular complexity index is 2020. The van der Waals surface area contributed by atoms with Crippen molar-refractivity contribution >= 4 is 39.5 Å². The number of unbranched alkanes of at least 4 members (excludes halogenated alkanes) is 40. The largest absolute Gasteiger partial charge is 0.472 e. The molecule has 0 rings (SSSR count). The Labute approximate surface area is 605 Å². The number of hydrogen-bond acceptors (Lipinski definition) is 15. The molecule has 0 aromatic heterocycles. The van der Waals surface area contributed by atoms with Gasteiger partial charge in [0.15, 0.2) is 12.2 Å². The van der Waals surface area contributed by atoms with E-state index in [-0.39, 0.29) is 25.7 Å². The van der Waals surface area contributed by atoms with Crippen LogP contribution in [0.2, 0.25) is 0 Å². The second-order valence-corrected chi connectivity index (χ2v) is 32.2. The van der Waals surface area contributed by atoms with Crippen molar-refractivity contribution in [3.05, 3.63) is 24.3 Å². The summed E-state index contributed by atoms with van der Waals surface area (Å²) in [5.74, 6) is 0.175. The van der Waals surface area contributed by atoms with E-state index in [2.05, 4.69) is 72.8 Å². The minimum absolute atomic E-state index is 0.0850. The highest BCUT2D eigenvalue weighted by Gasteiger charge is 2.30. The smallest absolute Gasteiger partial charge is 0.462 e. The molecular weight excluding hydrogens is 1290 g/mol. The first-order valence-electron chi connectivity index (χ1n) is 40.7. The van der Waals surface area contributed by atoms with E-state index in [1.54, 1.807) is 0 Å². The highest BCUT2D eigenvalue weighted by Crippen LogP contribution is 2.45. The van der Waals surface area contributed by atoms with Crippen molar-refractivity contribution in [3.8, 4) is 0 Å². The van der Waals surface area contributed by atoms with E-state index in [1.807, 2.05) is 0 Å². The van der Waals surface area contributed by atoms with E-state index in [0.717, 1.165) is 127 Å². The van der Waals surface area contributed by atoms with Gasteiger partial charge in [-0.1, -0.05) is 336 Å². The molecule has 0 spiro atoms. The van der Waals surface area contributed by atoms with Crippen molar-refractivity contribution in [3.63, 3.8) is 0 Å². The van der Waals surface area contributed by atoms with Gasteiger partial charge in [-0.3, -0.25) is 37.3 Å². The highest BCUT2D eigenvalue weighted by molar-refractivity contribution is 7.47. The van der Waals surface area contributed by atoms with Gasteiger partial charge in [-0.25, -0.2) is 9.13 Å². The number of phosphoric ester groups is 2. The van der Waals surface area contributed by atoms with E-state index in [4.69, 9.17) is 37.0 Å². The summed E-state index contributed by atoms with van der Waals surface area (Å²) in [6.45, 7) is 11.9. The normalized spacial score (nSPS) is 14.4. The van der Waals surface area contributed by atoms with Crippen LogP contribution in [0.25, 0.3) is 0 Å². The molecule has 6 atom stereocenters. The van der Waals surface area contributed by atoms with Gasteiger partial charge in [0, 0.05) is 25.7 Å². The Kier molecular flexibility index (Phi) is 68.1. The van der Waals surface area contributed by atoms with Gasteiger partial charge in [0.2, 0.25) is 0 Å². The molecule has 0 aliphatic rings. The zero-order valence-corrected chi connectivity index (χ0v) is 66.2. The maximum Gasteiger partial charge on any atom is 0.472 e. The molecule has 0 aromatic rings. The van der Waals surface area contributed by atoms with Crippen LogP contribution in [0.3, 0.4) is 0 Å². The van der Waals surface area contributed by atoms with E-state index >= 15 is 0 Å². The maximum absolute atomic E-state index is 13.1. The lowest BCUT2D eigenvalue weighted by atomic mass is 10.00. The lowest BCUT2D eigenvalue weighted by molar-refractivity contribution is -0.161. The molecule has 0 aliphatic heterocycles. The number of ether oxygens (including phenoxy) is 4. The first-order chi connectivity index (χ1) is 47.8. The molecule has 0 saturated carbocycles. The second kappa shape index (κ2) is 69.9. The average Bonchev–Trinajstić information content (AvgIpc) is 1.20. The SMILES string of the molecule is CCCCCC/C=C\C=C/CCCCCCCC(=O)O[C@H](COC(=O)CCCCCCCCCCCCCCCCCC(C)C)COP(=O)(O)OC[C@@H](O)COP(=O)(O)OC[C@@H](COC(=O)CCCCCCCCC(C)CC)OC(=O)CCCCCCCCCCCCCCCC(C)C. The molecule has 3 unspecified atom stereocenters. The summed E-state index contributed by atoms with van der Waals surface area (Å²) in [5.41, 5.74) is 0. The van der Waals surface area contributed by atoms with Crippen LogP contribution in [0.15, 0.2) is 24.3 Å². The van der Waals surface area contributed by atoms with Gasteiger partial charge in [-0.2, -0.15) is 0 Å². The fourth-order valence-electron chi connectivity index (χ4n) is 11.7. The molecule has 584 valence electrons. The van der Waals surface area contributed by atoms with Crippen molar-refractivity contribution in [2.75, 3.05) is 39.6 Å². The number of carbonyl (C=O) groups excluding carboxylic acids is 4. The topological polar surface area (TPSA) is 237 Å². The molecule has 17 nitrogen and oxygen atoms in total. The van der Waals surface area contributed by atoms with Gasteiger partial charge in [0.1, 0.15) is 19.3 Å². The first kappa shape index (κ1) is 96.5. The van der Waals surface area contributed by atoms with E-state index in [9.17, 15) is 43.2 Å². The highest BCUT2D eigenvalue weighted by atomic mass is 31.2. The zero-order valence-electron chi connectivity index (χ0n) is 64.4. The summed E-state index contributed by atoms with van der Waals surface area (Å²) in [7, 11) is -9.93. The molecule has 0 aromatic carbocycles. The average molecular weight is 1450 g/mol. The Morgan fingerprint density at radius 1 is 0.333 bits per heavy atom. The zero-order chi connectivity index (χ0) is 73.0. The molecule has 0 saturated heterocycles. The number of rotatable bonds is 76. The van der Waals surface area contributed by atoms with E-state index in [1.165, 1.54) is 180 Å². The van der Waals surface area contributed by atoms with Crippen LogP contribution in [-0.2, 0) is 65.4 Å². The van der Waals surface area contributed by atoms with Gasteiger partial charge in [-0.05, 0) is 69.1 Å². The van der Waals surface area contributed by atoms with Gasteiger partial charge in [-0.15, -0.1) is 0 Å². The van der Waals surface area contributed by atoms with Crippen LogP contribution in [0.5, 0.6) is 0 Å². The fourth-order valence-corrected chi connectivity index (χ4v) is 13.3. The summed E-state index contributed by atoms with van der Waals surface area (Å²) in [6, 6.07) is 0. The van der Waals surface area contributed by atoms with Crippen LogP contribution in [0, 0.1) is 17.8 Å². The number of carbonyl (C=O) groups is 4. The molecule has 0 fully saturated rings. The lowest BCUT2D eigenvalue weighted by Gasteiger charge is -2.21. The second-order valence-electron chi connectivity index (χ2n) is 29.3. The third kappa shape index (κ3) is 72.3. The van der Waals surface area contributed by atoms with E-state index < -0.39 is 97.5 Å². The summed E-state index contributed by atoms with van der Waals surface area (Å²) in [6.07, 6.45) is 60.5. The summed E-state index contributed by atoms with van der Waals surface area (Å²) >= 11 is 0. The molecule has 0 amide bonds. The summed E-state index contributed by atoms with van der Waals surface area (Å²) in [5, 5.41) is 10.6. The van der Waals surface area contributed by atoms with Crippen LogP contribution in [0.1, 0.15) is 389 Å². The Balaban J connectivity index is 5.28. The minimum Gasteiger partial charge on any atom is -0.462 e. The molecule has 19 heteroatoms. The quantitative estimate of drug-likeness (QED) is 0.0169. The van der Waals surface area contributed by atoms with Gasteiger partial charge >= 0.3 is 39.5 Å². The molecule has 0 heterocycles. The summed E-state index contributed by atoms with van der Waals surface area (Å²) in [4.78, 5) is 73.0. The molecule has 3 N–H and O–H groups in total. The monoisotopic (exact) mass is 1450 g/mol. The van der Waals surface area contributed by atoms with Crippen molar-refractivity contribution in [2.45, 2.75) is 407 Å². The molecule has 0 bridgehead atoms. The third-order valence-corrected chi connectivity index (χ3v) is 20.3. The van der Waals surface area contributed by atoms with Crippen molar-refractivity contribution in [2.24, 2.45) is 17.8 Å². The van der Waals surface area contributed by atoms with Gasteiger partial charge in [0.25, 0.3) is 0 Å². The number of allylic oxidation sites excluding steroid dienone is 4. The first-order valence-corrected chi connectivity index (χ1v) is 43.7. The number of aliphatic hydroxyl groups excluding tert-OH is 1. The Morgan fingerprint density at radius 2 is 0.596 bits per heavy atom. The van der Waals surface area contributed by atoms with Gasteiger partial charge in [0.05, 0.1) is 26.4 Å². The van der Waals surface area contributed by atoms with Crippen LogP contribution < -0.4 is 0 Å². The number of phosphoric acid groups is 2. The molecule has 99 heavy (non-hydrogen) atoms. The predicted octanol–water partition coefficient (Wildman–Crippen LogP) is 23.3. The maximum atomic E-state index is 13.1. The third-order valence-electron chi connectivity index (χ3n) is 18.4. The van der Waals surface area contributed by atoms with Crippen LogP contribution >= 0.6 is 15.6 Å².